The Morgan fingerprint density at radius 1 is 1.43 bits per heavy atom. The highest BCUT2D eigenvalue weighted by Crippen LogP contribution is 2.36. The Morgan fingerprint density at radius 2 is 2.14 bits per heavy atom. The summed E-state index contributed by atoms with van der Waals surface area (Å²) in [4.78, 5) is 17.7. The molecule has 1 fully saturated rings. The Morgan fingerprint density at radius 3 is 2.67 bits per heavy atom. The van der Waals surface area contributed by atoms with Crippen molar-refractivity contribution >= 4 is 28.1 Å². The van der Waals surface area contributed by atoms with Gasteiger partial charge in [0.1, 0.15) is 0 Å². The van der Waals surface area contributed by atoms with Gasteiger partial charge in [0.25, 0.3) is 0 Å². The average molecular weight is 302 g/mol. The fourth-order valence-electron chi connectivity index (χ4n) is 2.29. The van der Waals surface area contributed by atoms with Gasteiger partial charge >= 0.3 is 5.97 Å². The third-order valence-corrected chi connectivity index (χ3v) is 4.66. The van der Waals surface area contributed by atoms with Crippen LogP contribution in [0, 0.1) is 5.92 Å². The lowest BCUT2D eigenvalue weighted by Gasteiger charge is -2.22. The molecule has 1 aromatic carbocycles. The van der Waals surface area contributed by atoms with Crippen LogP contribution in [0.1, 0.15) is 31.2 Å². The zero-order chi connectivity index (χ0) is 14.8. The molecule has 110 valence electrons. The van der Waals surface area contributed by atoms with Crippen LogP contribution in [0.25, 0.3) is 0 Å². The van der Waals surface area contributed by atoms with Crippen LogP contribution in [-0.2, 0) is 4.79 Å². The van der Waals surface area contributed by atoms with Gasteiger partial charge in [-0.25, -0.2) is 4.98 Å². The number of thiazole rings is 1. The van der Waals surface area contributed by atoms with Crippen molar-refractivity contribution in [1.29, 1.82) is 0 Å². The Hall–Kier alpha value is -1.88. The molecule has 0 aliphatic heterocycles. The van der Waals surface area contributed by atoms with Gasteiger partial charge in [-0.1, -0.05) is 12.1 Å². The number of rotatable bonds is 6. The number of nitrogens with zero attached hydrogens (tertiary/aromatic N) is 2. The molecule has 1 unspecified atom stereocenters. The van der Waals surface area contributed by atoms with Crippen LogP contribution in [0.15, 0.2) is 35.8 Å². The van der Waals surface area contributed by atoms with Crippen LogP contribution < -0.4 is 4.90 Å². The minimum atomic E-state index is -0.794. The summed E-state index contributed by atoms with van der Waals surface area (Å²) in [7, 11) is 0. The summed E-state index contributed by atoms with van der Waals surface area (Å²) in [6, 6.07) is 7.81. The SMILES string of the molecule is CC(C(=O)O)c1ccc(N(CC2CC2)c2nccs2)cc1. The normalized spacial score (nSPS) is 15.7. The minimum Gasteiger partial charge on any atom is -0.481 e. The van der Waals surface area contributed by atoms with Crippen molar-refractivity contribution in [3.8, 4) is 0 Å². The molecular weight excluding hydrogens is 284 g/mol. The average Bonchev–Trinajstić information content (AvgIpc) is 3.16. The van der Waals surface area contributed by atoms with E-state index in [1.54, 1.807) is 18.3 Å². The summed E-state index contributed by atoms with van der Waals surface area (Å²) >= 11 is 1.63. The van der Waals surface area contributed by atoms with Crippen LogP contribution in [0.5, 0.6) is 0 Å². The van der Waals surface area contributed by atoms with E-state index in [1.165, 1.54) is 12.8 Å². The Labute approximate surface area is 128 Å². The maximum Gasteiger partial charge on any atom is 0.310 e. The highest BCUT2D eigenvalue weighted by Gasteiger charge is 2.26. The lowest BCUT2D eigenvalue weighted by molar-refractivity contribution is -0.138. The van der Waals surface area contributed by atoms with Crippen molar-refractivity contribution in [1.82, 2.24) is 4.98 Å². The number of carboxylic acid groups (broad SMARTS) is 1. The lowest BCUT2D eigenvalue weighted by atomic mass is 10.0. The molecule has 4 nitrogen and oxygen atoms in total. The molecule has 21 heavy (non-hydrogen) atoms. The van der Waals surface area contributed by atoms with E-state index in [4.69, 9.17) is 5.11 Å². The van der Waals surface area contributed by atoms with E-state index in [-0.39, 0.29) is 0 Å². The van der Waals surface area contributed by atoms with Gasteiger partial charge in [-0.15, -0.1) is 11.3 Å². The summed E-state index contributed by atoms with van der Waals surface area (Å²) in [6.07, 6.45) is 4.40. The molecule has 0 saturated heterocycles. The van der Waals surface area contributed by atoms with Crippen molar-refractivity contribution in [3.05, 3.63) is 41.4 Å². The summed E-state index contributed by atoms with van der Waals surface area (Å²) in [5.41, 5.74) is 1.91. The van der Waals surface area contributed by atoms with E-state index in [0.29, 0.717) is 0 Å². The molecule has 1 saturated carbocycles. The number of aromatic nitrogens is 1. The molecule has 0 spiro atoms. The first-order valence-corrected chi connectivity index (χ1v) is 8.03. The maximum absolute atomic E-state index is 11.0. The van der Waals surface area contributed by atoms with Crippen LogP contribution in [0.4, 0.5) is 10.8 Å². The van der Waals surface area contributed by atoms with Crippen molar-refractivity contribution < 1.29 is 9.90 Å². The van der Waals surface area contributed by atoms with Crippen molar-refractivity contribution in [2.24, 2.45) is 5.92 Å². The van der Waals surface area contributed by atoms with Crippen LogP contribution in [0.2, 0.25) is 0 Å². The van der Waals surface area contributed by atoms with E-state index < -0.39 is 11.9 Å². The Bertz CT molecular complexity index is 606. The first kappa shape index (κ1) is 14.1. The number of benzene rings is 1. The van der Waals surface area contributed by atoms with Crippen LogP contribution in [-0.4, -0.2) is 22.6 Å². The van der Waals surface area contributed by atoms with Crippen molar-refractivity contribution in [2.75, 3.05) is 11.4 Å². The molecule has 0 bridgehead atoms. The monoisotopic (exact) mass is 302 g/mol. The Kier molecular flexibility index (Phi) is 3.92. The van der Waals surface area contributed by atoms with E-state index in [1.807, 2.05) is 35.8 Å². The number of aliphatic carboxylic acids is 1. The van der Waals surface area contributed by atoms with Gasteiger partial charge in [0, 0.05) is 23.8 Å². The van der Waals surface area contributed by atoms with Gasteiger partial charge in [0.05, 0.1) is 5.92 Å². The van der Waals surface area contributed by atoms with E-state index in [0.717, 1.165) is 28.8 Å². The van der Waals surface area contributed by atoms with Crippen LogP contribution in [0.3, 0.4) is 0 Å². The second-order valence-corrected chi connectivity index (χ2v) is 6.39. The smallest absolute Gasteiger partial charge is 0.310 e. The highest BCUT2D eigenvalue weighted by atomic mass is 32.1. The molecule has 1 aliphatic carbocycles. The molecule has 3 rings (SSSR count). The number of hydrogen-bond donors (Lipinski definition) is 1. The first-order chi connectivity index (χ1) is 10.1. The molecular formula is C16H18N2O2S. The molecule has 1 N–H and O–H groups in total. The number of hydrogen-bond acceptors (Lipinski definition) is 4. The molecule has 0 amide bonds. The van der Waals surface area contributed by atoms with Gasteiger partial charge in [0.15, 0.2) is 5.13 Å². The molecule has 1 aromatic heterocycles. The standard InChI is InChI=1S/C16H18N2O2S/c1-11(15(19)20)13-4-6-14(7-5-13)18(10-12-2-3-12)16-17-8-9-21-16/h4-9,11-12H,2-3,10H2,1H3,(H,19,20). The predicted octanol–water partition coefficient (Wildman–Crippen LogP) is 3.88. The largest absolute Gasteiger partial charge is 0.481 e. The Balaban J connectivity index is 1.84. The van der Waals surface area contributed by atoms with Crippen LogP contribution >= 0.6 is 11.3 Å². The van der Waals surface area contributed by atoms with Gasteiger partial charge in [0.2, 0.25) is 0 Å². The summed E-state index contributed by atoms with van der Waals surface area (Å²) in [6.45, 7) is 2.70. The van der Waals surface area contributed by atoms with Crippen molar-refractivity contribution in [2.45, 2.75) is 25.7 Å². The third-order valence-electron chi connectivity index (χ3n) is 3.86. The fraction of sp³-hybridized carbons (Fsp3) is 0.375. The fourth-order valence-corrected chi connectivity index (χ4v) is 2.96. The molecule has 2 aromatic rings. The summed E-state index contributed by atoms with van der Waals surface area (Å²) in [5.74, 6) is -0.514. The second kappa shape index (κ2) is 5.85. The van der Waals surface area contributed by atoms with Gasteiger partial charge in [-0.05, 0) is 43.4 Å². The lowest BCUT2D eigenvalue weighted by Crippen LogP contribution is -2.19. The zero-order valence-electron chi connectivity index (χ0n) is 11.9. The minimum absolute atomic E-state index is 0.476. The second-order valence-electron chi connectivity index (χ2n) is 5.52. The number of carbonyl (C=O) groups is 1. The van der Waals surface area contributed by atoms with Crippen molar-refractivity contribution in [3.63, 3.8) is 0 Å². The number of carboxylic acids is 1. The predicted molar refractivity (Wildman–Crippen MR) is 84.3 cm³/mol. The molecule has 1 aliphatic rings. The molecule has 1 atom stereocenters. The highest BCUT2D eigenvalue weighted by molar-refractivity contribution is 7.13. The molecule has 0 radical (unpaired) electrons. The number of anilines is 2. The first-order valence-electron chi connectivity index (χ1n) is 7.15. The van der Waals surface area contributed by atoms with Gasteiger partial charge < -0.3 is 10.0 Å². The zero-order valence-corrected chi connectivity index (χ0v) is 12.7. The third kappa shape index (κ3) is 3.24. The summed E-state index contributed by atoms with van der Waals surface area (Å²) < 4.78 is 0. The van der Waals surface area contributed by atoms with E-state index in [9.17, 15) is 4.79 Å². The van der Waals surface area contributed by atoms with Gasteiger partial charge in [-0.3, -0.25) is 4.79 Å². The molecule has 5 heteroatoms. The van der Waals surface area contributed by atoms with E-state index >= 15 is 0 Å². The topological polar surface area (TPSA) is 53.4 Å². The van der Waals surface area contributed by atoms with Gasteiger partial charge in [-0.2, -0.15) is 0 Å². The van der Waals surface area contributed by atoms with E-state index in [2.05, 4.69) is 9.88 Å². The summed E-state index contributed by atoms with van der Waals surface area (Å²) in [5, 5.41) is 12.1. The quantitative estimate of drug-likeness (QED) is 0.880. The molecule has 1 heterocycles. The maximum atomic E-state index is 11.0.